The molecule has 0 amide bonds. The number of hydrogen-bond donors (Lipinski definition) is 0. The van der Waals surface area contributed by atoms with Crippen molar-refractivity contribution >= 4 is 43.6 Å². The van der Waals surface area contributed by atoms with E-state index in [0.717, 1.165) is 9.40 Å². The summed E-state index contributed by atoms with van der Waals surface area (Å²) in [5, 5.41) is 2.87. The van der Waals surface area contributed by atoms with Crippen LogP contribution in [-0.4, -0.2) is 11.6 Å². The van der Waals surface area contributed by atoms with Gasteiger partial charge in [0.15, 0.2) is 11.6 Å². The molecule has 0 atom stereocenters. The molecule has 0 unspecified atom stereocenters. The Labute approximate surface area is 89.2 Å². The molecule has 0 radical (unpaired) electrons. The number of ketones is 2. The van der Waals surface area contributed by atoms with E-state index in [4.69, 9.17) is 0 Å². The fourth-order valence-corrected chi connectivity index (χ4v) is 3.62. The van der Waals surface area contributed by atoms with Gasteiger partial charge in [0, 0.05) is 10.9 Å². The van der Waals surface area contributed by atoms with Crippen LogP contribution in [0.15, 0.2) is 11.4 Å². The van der Waals surface area contributed by atoms with Gasteiger partial charge in [-0.2, -0.15) is 0 Å². The van der Waals surface area contributed by atoms with Crippen molar-refractivity contribution in [2.24, 2.45) is 0 Å². The van der Waals surface area contributed by atoms with Crippen molar-refractivity contribution in [2.75, 3.05) is 0 Å². The van der Waals surface area contributed by atoms with Gasteiger partial charge in [-0.15, -0.1) is 22.7 Å². The van der Waals surface area contributed by atoms with Crippen LogP contribution in [0.2, 0.25) is 0 Å². The first-order chi connectivity index (χ1) is 6.61. The third-order valence-corrected chi connectivity index (χ3v) is 4.34. The van der Waals surface area contributed by atoms with Crippen molar-refractivity contribution in [1.82, 2.24) is 0 Å². The minimum Gasteiger partial charge on any atom is -0.294 e. The molecule has 2 aromatic rings. The Balaban J connectivity index is 2.82. The van der Waals surface area contributed by atoms with Gasteiger partial charge in [0.25, 0.3) is 0 Å². The van der Waals surface area contributed by atoms with Crippen LogP contribution in [0.3, 0.4) is 0 Å². The van der Waals surface area contributed by atoms with E-state index < -0.39 is 0 Å². The quantitative estimate of drug-likeness (QED) is 0.733. The number of rotatable bonds is 2. The number of thiophene rings is 2. The highest BCUT2D eigenvalue weighted by Gasteiger charge is 2.19. The highest BCUT2D eigenvalue weighted by molar-refractivity contribution is 7.38. The lowest BCUT2D eigenvalue weighted by Gasteiger charge is -1.94. The van der Waals surface area contributed by atoms with Gasteiger partial charge in [0.2, 0.25) is 0 Å². The Morgan fingerprint density at radius 1 is 1.21 bits per heavy atom. The fourth-order valence-electron chi connectivity index (χ4n) is 1.42. The van der Waals surface area contributed by atoms with Crippen LogP contribution in [0.5, 0.6) is 0 Å². The van der Waals surface area contributed by atoms with Crippen molar-refractivity contribution in [3.05, 3.63) is 21.9 Å². The van der Waals surface area contributed by atoms with Gasteiger partial charge in [-0.25, -0.2) is 0 Å². The molecule has 0 spiro atoms. The maximum Gasteiger partial charge on any atom is 0.170 e. The second-order valence-electron chi connectivity index (χ2n) is 3.04. The smallest absolute Gasteiger partial charge is 0.170 e. The van der Waals surface area contributed by atoms with Crippen LogP contribution in [-0.2, 0) is 0 Å². The maximum absolute atomic E-state index is 11.4. The van der Waals surface area contributed by atoms with Crippen molar-refractivity contribution in [1.29, 1.82) is 0 Å². The summed E-state index contributed by atoms with van der Waals surface area (Å²) in [4.78, 5) is 23.3. The average Bonchev–Trinajstić information content (AvgIpc) is 2.58. The molecule has 0 saturated heterocycles. The monoisotopic (exact) mass is 224 g/mol. The minimum atomic E-state index is -0.0279. The predicted molar refractivity (Wildman–Crippen MR) is 59.7 cm³/mol. The summed E-state index contributed by atoms with van der Waals surface area (Å²) in [6.07, 6.45) is 0. The first kappa shape index (κ1) is 9.55. The summed E-state index contributed by atoms with van der Waals surface area (Å²) < 4.78 is 1.06. The van der Waals surface area contributed by atoms with Crippen LogP contribution in [0.4, 0.5) is 0 Å². The van der Waals surface area contributed by atoms with Crippen LogP contribution in [0.1, 0.15) is 33.9 Å². The molecule has 0 fully saturated rings. The van der Waals surface area contributed by atoms with E-state index in [1.165, 1.54) is 25.2 Å². The van der Waals surface area contributed by atoms with Gasteiger partial charge < -0.3 is 0 Å². The maximum atomic E-state index is 11.4. The Morgan fingerprint density at radius 3 is 2.50 bits per heavy atom. The molecule has 0 bridgehead atoms. The summed E-state index contributed by atoms with van der Waals surface area (Å²) >= 11 is 2.99. The van der Waals surface area contributed by atoms with Gasteiger partial charge in [-0.1, -0.05) is 0 Å². The first-order valence-corrected chi connectivity index (χ1v) is 5.82. The average molecular weight is 224 g/mol. The van der Waals surface area contributed by atoms with Crippen LogP contribution < -0.4 is 0 Å². The molecule has 0 aliphatic rings. The fraction of sp³-hybridized carbons (Fsp3) is 0.200. The number of fused-ring (bicyclic) bond motifs is 1. The van der Waals surface area contributed by atoms with E-state index in [2.05, 4.69) is 0 Å². The van der Waals surface area contributed by atoms with Gasteiger partial charge in [-0.3, -0.25) is 9.59 Å². The molecule has 2 aromatic heterocycles. The molecule has 2 heterocycles. The number of carbonyl (C=O) groups is 2. The molecule has 0 saturated carbocycles. The molecule has 0 aliphatic heterocycles. The highest BCUT2D eigenvalue weighted by Crippen LogP contribution is 2.35. The van der Waals surface area contributed by atoms with Crippen LogP contribution >= 0.6 is 22.7 Å². The molecule has 0 aromatic carbocycles. The summed E-state index contributed by atoms with van der Waals surface area (Å²) in [6.45, 7) is 3.01. The number of Topliss-reactive ketones (excluding diaryl/α,β-unsaturated/α-hetero) is 2. The van der Waals surface area contributed by atoms with E-state index >= 15 is 0 Å². The highest BCUT2D eigenvalue weighted by atomic mass is 32.2. The molecular weight excluding hydrogens is 216 g/mol. The molecule has 14 heavy (non-hydrogen) atoms. The van der Waals surface area contributed by atoms with Gasteiger partial charge in [0.1, 0.15) is 0 Å². The Morgan fingerprint density at radius 2 is 1.93 bits per heavy atom. The summed E-state index contributed by atoms with van der Waals surface area (Å²) in [5.74, 6) is -0.0524. The Kier molecular flexibility index (Phi) is 2.25. The standard InChI is InChI=1S/C10H8O2S2/c1-5(11)8-7-3-4-13-10(7)14-9(8)6(2)12/h3-4H,1-2H3. The van der Waals surface area contributed by atoms with Crippen LogP contribution in [0, 0.1) is 0 Å². The van der Waals surface area contributed by atoms with E-state index in [9.17, 15) is 9.59 Å². The number of hydrogen-bond acceptors (Lipinski definition) is 4. The predicted octanol–water partition coefficient (Wildman–Crippen LogP) is 3.37. The Bertz CT molecular complexity index is 519. The van der Waals surface area contributed by atoms with E-state index in [0.29, 0.717) is 10.4 Å². The molecule has 4 heteroatoms. The second kappa shape index (κ2) is 3.29. The summed E-state index contributed by atoms with van der Waals surface area (Å²) in [6, 6.07) is 1.90. The largest absolute Gasteiger partial charge is 0.294 e. The molecule has 0 aliphatic carbocycles. The van der Waals surface area contributed by atoms with E-state index in [-0.39, 0.29) is 11.6 Å². The normalized spacial score (nSPS) is 10.7. The van der Waals surface area contributed by atoms with Crippen molar-refractivity contribution in [3.8, 4) is 0 Å². The summed E-state index contributed by atoms with van der Waals surface area (Å²) in [5.41, 5.74) is 0.596. The van der Waals surface area contributed by atoms with Gasteiger partial charge in [-0.05, 0) is 25.3 Å². The Hall–Kier alpha value is -1.00. The van der Waals surface area contributed by atoms with Crippen molar-refractivity contribution in [3.63, 3.8) is 0 Å². The third-order valence-electron chi connectivity index (χ3n) is 1.99. The molecule has 0 N–H and O–H groups in total. The van der Waals surface area contributed by atoms with E-state index in [1.54, 1.807) is 11.3 Å². The first-order valence-electron chi connectivity index (χ1n) is 4.13. The zero-order valence-corrected chi connectivity index (χ0v) is 9.42. The zero-order valence-electron chi connectivity index (χ0n) is 7.79. The van der Waals surface area contributed by atoms with Crippen LogP contribution in [0.25, 0.3) is 9.40 Å². The molecule has 72 valence electrons. The van der Waals surface area contributed by atoms with Crippen molar-refractivity contribution in [2.45, 2.75) is 13.8 Å². The lowest BCUT2D eigenvalue weighted by Crippen LogP contribution is -1.99. The topological polar surface area (TPSA) is 34.1 Å². The van der Waals surface area contributed by atoms with Gasteiger partial charge >= 0.3 is 0 Å². The zero-order chi connectivity index (χ0) is 10.3. The lowest BCUT2D eigenvalue weighted by molar-refractivity contribution is 0.0985. The second-order valence-corrected chi connectivity index (χ2v) is 5.24. The molecule has 2 nitrogen and oxygen atoms in total. The van der Waals surface area contributed by atoms with Crippen molar-refractivity contribution < 1.29 is 9.59 Å². The summed E-state index contributed by atoms with van der Waals surface area (Å²) in [7, 11) is 0. The minimum absolute atomic E-state index is 0.0244. The third kappa shape index (κ3) is 1.31. The lowest BCUT2D eigenvalue weighted by atomic mass is 10.1. The van der Waals surface area contributed by atoms with E-state index in [1.807, 2.05) is 11.4 Å². The van der Waals surface area contributed by atoms with Gasteiger partial charge in [0.05, 0.1) is 8.89 Å². The molecular formula is C10H8O2S2. The molecule has 2 rings (SSSR count). The number of carbonyl (C=O) groups excluding carboxylic acids is 2. The SMILES string of the molecule is CC(=O)c1sc2sccc2c1C(C)=O.